The third-order valence-corrected chi connectivity index (χ3v) is 4.08. The molecule has 122 valence electrons. The summed E-state index contributed by atoms with van der Waals surface area (Å²) in [7, 11) is 0. The van der Waals surface area contributed by atoms with Crippen LogP contribution in [0.3, 0.4) is 0 Å². The summed E-state index contributed by atoms with van der Waals surface area (Å²) in [6.45, 7) is 2.34. The molecule has 1 aromatic carbocycles. The number of fused-ring (bicyclic) bond motifs is 1. The lowest BCUT2D eigenvalue weighted by atomic mass is 9.98. The molecule has 0 radical (unpaired) electrons. The molecule has 4 heteroatoms. The maximum Gasteiger partial charge on any atom is 0.139 e. The summed E-state index contributed by atoms with van der Waals surface area (Å²) in [6, 6.07) is 9.96. The zero-order valence-corrected chi connectivity index (χ0v) is 14.0. The molecule has 0 atom stereocenters. The summed E-state index contributed by atoms with van der Waals surface area (Å²) in [5.41, 5.74) is 11.2. The Morgan fingerprint density at radius 2 is 2.12 bits per heavy atom. The van der Waals surface area contributed by atoms with Crippen molar-refractivity contribution in [2.75, 3.05) is 11.9 Å². The lowest BCUT2D eigenvalue weighted by Gasteiger charge is -2.17. The van der Waals surface area contributed by atoms with Gasteiger partial charge >= 0.3 is 0 Å². The number of benzene rings is 1. The summed E-state index contributed by atoms with van der Waals surface area (Å²) < 4.78 is 0. The first-order chi connectivity index (χ1) is 12.3. The highest BCUT2D eigenvalue weighted by Gasteiger charge is 2.14. The first-order valence-electron chi connectivity index (χ1n) is 8.17. The van der Waals surface area contributed by atoms with Gasteiger partial charge in [-0.2, -0.15) is 5.26 Å². The van der Waals surface area contributed by atoms with Gasteiger partial charge < -0.3 is 10.1 Å². The highest BCUT2D eigenvalue weighted by atomic mass is 16.1. The number of para-hydroxylation sites is 1. The van der Waals surface area contributed by atoms with Crippen molar-refractivity contribution in [2.45, 2.75) is 19.8 Å². The van der Waals surface area contributed by atoms with Crippen LogP contribution in [-0.2, 0) is 17.6 Å². The van der Waals surface area contributed by atoms with Crippen molar-refractivity contribution in [3.63, 3.8) is 0 Å². The molecule has 3 rings (SSSR count). The molecule has 0 aliphatic heterocycles. The quantitative estimate of drug-likeness (QED) is 0.649. The van der Waals surface area contributed by atoms with Crippen LogP contribution in [0.2, 0.25) is 0 Å². The Morgan fingerprint density at radius 1 is 1.28 bits per heavy atom. The molecule has 1 N–H and O–H groups in total. The van der Waals surface area contributed by atoms with Gasteiger partial charge in [-0.1, -0.05) is 36.6 Å². The SMILES string of the molecule is CCc1c(CC2=C=C=C(C#N)C=C2)nc2ccccc2c1NCC=O. The van der Waals surface area contributed by atoms with E-state index < -0.39 is 0 Å². The van der Waals surface area contributed by atoms with Gasteiger partial charge in [-0.05, 0) is 30.2 Å². The van der Waals surface area contributed by atoms with Gasteiger partial charge in [0, 0.05) is 23.1 Å². The molecule has 2 aromatic rings. The first-order valence-corrected chi connectivity index (χ1v) is 8.17. The molecule has 1 aromatic heterocycles. The van der Waals surface area contributed by atoms with E-state index in [1.54, 1.807) is 6.08 Å². The van der Waals surface area contributed by atoms with Crippen LogP contribution in [0.1, 0.15) is 18.2 Å². The Balaban J connectivity index is 2.14. The molecular weight excluding hydrogens is 310 g/mol. The standard InChI is InChI=1S/C21H17N3O/c1-2-17-20(13-15-7-9-16(14-22)10-8-15)24-19-6-4-3-5-18(19)21(17)23-11-12-25/h3-7,9,12H,2,11,13H2,1H3,(H,23,24). The van der Waals surface area contributed by atoms with Crippen LogP contribution in [0.5, 0.6) is 0 Å². The number of carbonyl (C=O) groups excluding carboxylic acids is 1. The second-order valence-corrected chi connectivity index (χ2v) is 5.64. The fourth-order valence-electron chi connectivity index (χ4n) is 2.94. The van der Waals surface area contributed by atoms with Crippen LogP contribution in [-0.4, -0.2) is 17.8 Å². The number of nitrogens with zero attached hydrogens (tertiary/aromatic N) is 2. The second kappa shape index (κ2) is 7.47. The van der Waals surface area contributed by atoms with Crippen molar-refractivity contribution in [3.05, 3.63) is 70.3 Å². The van der Waals surface area contributed by atoms with Gasteiger partial charge in [0.2, 0.25) is 0 Å². The van der Waals surface area contributed by atoms with E-state index in [4.69, 9.17) is 10.2 Å². The van der Waals surface area contributed by atoms with Crippen molar-refractivity contribution < 1.29 is 4.79 Å². The number of carbonyl (C=O) groups is 1. The first kappa shape index (κ1) is 16.5. The number of aldehydes is 1. The van der Waals surface area contributed by atoms with Crippen LogP contribution in [0.25, 0.3) is 10.9 Å². The van der Waals surface area contributed by atoms with Crippen molar-refractivity contribution >= 4 is 22.9 Å². The number of nitrogens with one attached hydrogen (secondary N) is 1. The summed E-state index contributed by atoms with van der Waals surface area (Å²) in [4.78, 5) is 15.7. The topological polar surface area (TPSA) is 65.8 Å². The minimum atomic E-state index is 0.261. The van der Waals surface area contributed by atoms with Crippen molar-refractivity contribution in [2.24, 2.45) is 0 Å². The van der Waals surface area contributed by atoms with Gasteiger partial charge in [0.1, 0.15) is 17.9 Å². The number of rotatable bonds is 6. The van der Waals surface area contributed by atoms with E-state index in [2.05, 4.69) is 29.8 Å². The van der Waals surface area contributed by atoms with E-state index in [0.717, 1.165) is 46.1 Å². The predicted molar refractivity (Wildman–Crippen MR) is 98.2 cm³/mol. The zero-order chi connectivity index (χ0) is 17.6. The Kier molecular flexibility index (Phi) is 4.92. The van der Waals surface area contributed by atoms with Gasteiger partial charge in [-0.15, -0.1) is 0 Å². The fraction of sp³-hybridized carbons (Fsp3) is 0.190. The fourth-order valence-corrected chi connectivity index (χ4v) is 2.94. The number of aromatic nitrogens is 1. The summed E-state index contributed by atoms with van der Waals surface area (Å²) >= 11 is 0. The molecule has 0 bridgehead atoms. The van der Waals surface area contributed by atoms with Crippen molar-refractivity contribution in [1.29, 1.82) is 5.26 Å². The van der Waals surface area contributed by atoms with Gasteiger partial charge in [0.15, 0.2) is 0 Å². The van der Waals surface area contributed by atoms with Gasteiger partial charge in [0.25, 0.3) is 0 Å². The molecule has 0 saturated heterocycles. The monoisotopic (exact) mass is 327 g/mol. The Morgan fingerprint density at radius 3 is 2.80 bits per heavy atom. The molecule has 0 spiro atoms. The average Bonchev–Trinajstić information content (AvgIpc) is 2.66. The van der Waals surface area contributed by atoms with Gasteiger partial charge in [-0.3, -0.25) is 4.98 Å². The molecule has 1 aliphatic carbocycles. The van der Waals surface area contributed by atoms with E-state index in [0.29, 0.717) is 12.0 Å². The number of hydrogen-bond acceptors (Lipinski definition) is 4. The summed E-state index contributed by atoms with van der Waals surface area (Å²) in [5, 5.41) is 13.1. The smallest absolute Gasteiger partial charge is 0.139 e. The van der Waals surface area contributed by atoms with Crippen LogP contribution < -0.4 is 5.32 Å². The van der Waals surface area contributed by atoms with E-state index in [9.17, 15) is 4.79 Å². The Bertz CT molecular complexity index is 1010. The molecule has 0 unspecified atom stereocenters. The molecule has 0 amide bonds. The van der Waals surface area contributed by atoms with Gasteiger partial charge in [0.05, 0.1) is 17.8 Å². The number of anilines is 1. The van der Waals surface area contributed by atoms with E-state index in [1.165, 1.54) is 0 Å². The van der Waals surface area contributed by atoms with E-state index in [1.807, 2.05) is 30.3 Å². The van der Waals surface area contributed by atoms with Crippen LogP contribution in [0.15, 0.2) is 59.0 Å². The third-order valence-electron chi connectivity index (χ3n) is 4.08. The highest BCUT2D eigenvalue weighted by molar-refractivity contribution is 5.94. The Labute approximate surface area is 146 Å². The average molecular weight is 327 g/mol. The minimum absolute atomic E-state index is 0.261. The maximum atomic E-state index is 10.8. The lowest BCUT2D eigenvalue weighted by Crippen LogP contribution is -2.09. The minimum Gasteiger partial charge on any atom is -0.377 e. The third kappa shape index (κ3) is 3.44. The van der Waals surface area contributed by atoms with Crippen molar-refractivity contribution in [3.8, 4) is 6.07 Å². The molecule has 4 nitrogen and oxygen atoms in total. The number of nitriles is 1. The second-order valence-electron chi connectivity index (χ2n) is 5.64. The maximum absolute atomic E-state index is 10.8. The van der Waals surface area contributed by atoms with E-state index in [-0.39, 0.29) is 6.54 Å². The summed E-state index contributed by atoms with van der Waals surface area (Å²) in [6.07, 6.45) is 5.88. The Hall–Kier alpha value is -3.37. The van der Waals surface area contributed by atoms with Crippen LogP contribution in [0, 0.1) is 11.3 Å². The summed E-state index contributed by atoms with van der Waals surface area (Å²) in [5.74, 6) is 0. The predicted octanol–water partition coefficient (Wildman–Crippen LogP) is 3.65. The van der Waals surface area contributed by atoms with Gasteiger partial charge in [-0.25, -0.2) is 0 Å². The lowest BCUT2D eigenvalue weighted by molar-refractivity contribution is -0.106. The normalized spacial score (nSPS) is 12.5. The van der Waals surface area contributed by atoms with E-state index >= 15 is 0 Å². The molecule has 25 heavy (non-hydrogen) atoms. The molecule has 0 fully saturated rings. The van der Waals surface area contributed by atoms with Crippen molar-refractivity contribution in [1.82, 2.24) is 4.98 Å². The molecular formula is C21H17N3O. The molecule has 1 heterocycles. The molecule has 0 saturated carbocycles. The largest absolute Gasteiger partial charge is 0.377 e. The molecule has 1 aliphatic rings. The van der Waals surface area contributed by atoms with Crippen LogP contribution >= 0.6 is 0 Å². The highest BCUT2D eigenvalue weighted by Crippen LogP contribution is 2.30. The van der Waals surface area contributed by atoms with Crippen LogP contribution in [0.4, 0.5) is 5.69 Å². The number of pyridine rings is 1. The zero-order valence-electron chi connectivity index (χ0n) is 14.0. The number of allylic oxidation sites excluding steroid dienone is 4. The number of hydrogen-bond donors (Lipinski definition) is 1.